The topological polar surface area (TPSA) is 29.5 Å². The third-order valence-corrected chi connectivity index (χ3v) is 2.00. The van der Waals surface area contributed by atoms with Gasteiger partial charge in [-0.3, -0.25) is 0 Å². The molecule has 0 aliphatic heterocycles. The first-order valence-electron chi connectivity index (χ1n) is 4.53. The molecular formula is C7H3F13O2. The van der Waals surface area contributed by atoms with E-state index in [2.05, 4.69) is 0 Å². The number of aliphatic hydroxyl groups is 1. The van der Waals surface area contributed by atoms with Gasteiger partial charge in [0.1, 0.15) is 6.61 Å². The van der Waals surface area contributed by atoms with Crippen molar-refractivity contribution in [2.75, 3.05) is 6.61 Å². The first-order chi connectivity index (χ1) is 9.27. The molecule has 0 heterocycles. The summed E-state index contributed by atoms with van der Waals surface area (Å²) in [4.78, 5) is 0. The second-order valence-electron chi connectivity index (χ2n) is 3.64. The normalized spacial score (nSPS) is 16.1. The average molecular weight is 366 g/mol. The van der Waals surface area contributed by atoms with Crippen LogP contribution >= 0.6 is 0 Å². The molecular weight excluding hydrogens is 363 g/mol. The van der Waals surface area contributed by atoms with Crippen LogP contribution in [0.5, 0.6) is 0 Å². The Morgan fingerprint density at radius 1 is 0.591 bits per heavy atom. The van der Waals surface area contributed by atoms with Gasteiger partial charge in [0.2, 0.25) is 0 Å². The van der Waals surface area contributed by atoms with E-state index in [4.69, 9.17) is 5.11 Å². The van der Waals surface area contributed by atoms with Crippen LogP contribution in [0, 0.1) is 0 Å². The predicted octanol–water partition coefficient (Wildman–Crippen LogP) is 3.65. The molecule has 0 aliphatic carbocycles. The third kappa shape index (κ3) is 3.18. The van der Waals surface area contributed by atoms with Crippen LogP contribution < -0.4 is 0 Å². The van der Waals surface area contributed by atoms with Gasteiger partial charge < -0.3 is 5.11 Å². The minimum absolute atomic E-state index is 1.39. The van der Waals surface area contributed by atoms with Gasteiger partial charge in [0.05, 0.1) is 0 Å². The van der Waals surface area contributed by atoms with Crippen LogP contribution in [0.1, 0.15) is 0 Å². The minimum atomic E-state index is -7.39. The Bertz CT molecular complexity index is 398. The highest BCUT2D eigenvalue weighted by atomic mass is 19.4. The van der Waals surface area contributed by atoms with Gasteiger partial charge in [0, 0.05) is 0 Å². The number of hydrogen-bond acceptors (Lipinski definition) is 2. The number of alkyl halides is 13. The molecule has 0 atom stereocenters. The Kier molecular flexibility index (Phi) is 5.04. The summed E-state index contributed by atoms with van der Waals surface area (Å²) in [5.74, 6) is -20.6. The van der Waals surface area contributed by atoms with E-state index in [0.29, 0.717) is 0 Å². The van der Waals surface area contributed by atoms with E-state index >= 15 is 0 Å². The van der Waals surface area contributed by atoms with Crippen molar-refractivity contribution in [2.45, 2.75) is 36.2 Å². The highest BCUT2D eigenvalue weighted by Crippen LogP contribution is 2.53. The van der Waals surface area contributed by atoms with Gasteiger partial charge >= 0.3 is 36.2 Å². The summed E-state index contributed by atoms with van der Waals surface area (Å²) < 4.78 is 160. The number of halogens is 13. The Balaban J connectivity index is 5.71. The molecule has 0 radical (unpaired) electrons. The molecule has 0 spiro atoms. The van der Waals surface area contributed by atoms with E-state index in [1.807, 2.05) is 0 Å². The van der Waals surface area contributed by atoms with E-state index in [9.17, 15) is 57.1 Å². The standard InChI is InChI=1S/C7H3F13O2/c8-2(9,1-21)3(10,11)6(17,18)22-7(19,20)4(12,13)5(14,15)16/h21H,1H2. The summed E-state index contributed by atoms with van der Waals surface area (Å²) in [5.41, 5.74) is 0. The molecule has 0 aromatic rings. The number of rotatable bonds is 6. The molecule has 0 unspecified atom stereocenters. The number of hydrogen-bond donors (Lipinski definition) is 1. The van der Waals surface area contributed by atoms with E-state index in [1.165, 1.54) is 4.74 Å². The van der Waals surface area contributed by atoms with Crippen LogP contribution in [-0.2, 0) is 4.74 Å². The van der Waals surface area contributed by atoms with Crippen molar-refractivity contribution in [3.05, 3.63) is 0 Å². The summed E-state index contributed by atoms with van der Waals surface area (Å²) in [6.07, 6.45) is -21.7. The SMILES string of the molecule is OCC(F)(F)C(F)(F)C(F)(F)OC(F)(F)C(F)(F)C(F)(F)F. The number of ether oxygens (including phenoxy) is 1. The lowest BCUT2D eigenvalue weighted by Gasteiger charge is -2.35. The fraction of sp³-hybridized carbons (Fsp3) is 1.00. The van der Waals surface area contributed by atoms with Crippen LogP contribution in [0.25, 0.3) is 0 Å². The summed E-state index contributed by atoms with van der Waals surface area (Å²) >= 11 is 0. The molecule has 2 nitrogen and oxygen atoms in total. The molecule has 0 aromatic heterocycles. The quantitative estimate of drug-likeness (QED) is 0.728. The Hall–Kier alpha value is -0.990. The lowest BCUT2D eigenvalue weighted by molar-refractivity contribution is -0.508. The van der Waals surface area contributed by atoms with E-state index < -0.39 is 42.8 Å². The smallest absolute Gasteiger partial charge is 0.390 e. The molecule has 0 aromatic carbocycles. The monoisotopic (exact) mass is 366 g/mol. The summed E-state index contributed by atoms with van der Waals surface area (Å²) in [5, 5.41) is 7.75. The first kappa shape index (κ1) is 21.0. The maximum absolute atomic E-state index is 12.6. The van der Waals surface area contributed by atoms with Crippen LogP contribution in [0.4, 0.5) is 57.1 Å². The molecule has 0 amide bonds. The van der Waals surface area contributed by atoms with Crippen LogP contribution in [0.3, 0.4) is 0 Å². The highest BCUT2D eigenvalue weighted by Gasteiger charge is 2.81. The zero-order valence-electron chi connectivity index (χ0n) is 9.48. The van der Waals surface area contributed by atoms with Gasteiger partial charge in [-0.2, -0.15) is 57.1 Å². The average Bonchev–Trinajstić information content (AvgIpc) is 2.25. The van der Waals surface area contributed by atoms with Gasteiger partial charge in [-0.05, 0) is 0 Å². The Morgan fingerprint density at radius 3 is 1.18 bits per heavy atom. The molecule has 15 heteroatoms. The first-order valence-corrected chi connectivity index (χ1v) is 4.53. The highest BCUT2D eigenvalue weighted by molar-refractivity contribution is 4.94. The molecule has 0 bridgehead atoms. The van der Waals surface area contributed by atoms with Crippen LogP contribution in [0.15, 0.2) is 0 Å². The van der Waals surface area contributed by atoms with Crippen LogP contribution in [0.2, 0.25) is 0 Å². The van der Waals surface area contributed by atoms with Gasteiger partial charge in [-0.15, -0.1) is 0 Å². The van der Waals surface area contributed by atoms with E-state index in [0.717, 1.165) is 0 Å². The molecule has 1 N–H and O–H groups in total. The minimum Gasteiger partial charge on any atom is -0.390 e. The Morgan fingerprint density at radius 2 is 0.909 bits per heavy atom. The maximum Gasteiger partial charge on any atom is 0.462 e. The van der Waals surface area contributed by atoms with Crippen molar-refractivity contribution >= 4 is 0 Å². The predicted molar refractivity (Wildman–Crippen MR) is 39.0 cm³/mol. The molecule has 0 saturated heterocycles. The maximum atomic E-state index is 12.6. The van der Waals surface area contributed by atoms with Crippen molar-refractivity contribution in [3.63, 3.8) is 0 Å². The van der Waals surface area contributed by atoms with Crippen molar-refractivity contribution < 1.29 is 66.9 Å². The van der Waals surface area contributed by atoms with Crippen molar-refractivity contribution in [2.24, 2.45) is 0 Å². The van der Waals surface area contributed by atoms with Gasteiger partial charge in [-0.25, -0.2) is 4.74 Å². The zero-order valence-corrected chi connectivity index (χ0v) is 9.48. The van der Waals surface area contributed by atoms with Crippen molar-refractivity contribution in [1.82, 2.24) is 0 Å². The van der Waals surface area contributed by atoms with Gasteiger partial charge in [0.25, 0.3) is 0 Å². The molecule has 0 aliphatic rings. The van der Waals surface area contributed by atoms with E-state index in [1.54, 1.807) is 0 Å². The molecule has 134 valence electrons. The zero-order chi connectivity index (χ0) is 18.4. The second kappa shape index (κ2) is 5.28. The Labute approximate surface area is 111 Å². The van der Waals surface area contributed by atoms with Crippen molar-refractivity contribution in [1.29, 1.82) is 0 Å². The summed E-state index contributed by atoms with van der Waals surface area (Å²) in [6.45, 7) is -3.07. The molecule has 0 fully saturated rings. The molecule has 0 saturated carbocycles. The third-order valence-electron chi connectivity index (χ3n) is 2.00. The summed E-state index contributed by atoms with van der Waals surface area (Å²) in [7, 11) is 0. The fourth-order valence-corrected chi connectivity index (χ4v) is 0.766. The van der Waals surface area contributed by atoms with Gasteiger partial charge in [0.15, 0.2) is 0 Å². The largest absolute Gasteiger partial charge is 0.462 e. The fourth-order valence-electron chi connectivity index (χ4n) is 0.766. The van der Waals surface area contributed by atoms with Gasteiger partial charge in [-0.1, -0.05) is 0 Å². The molecule has 22 heavy (non-hydrogen) atoms. The van der Waals surface area contributed by atoms with Crippen molar-refractivity contribution in [3.8, 4) is 0 Å². The van der Waals surface area contributed by atoms with Crippen LogP contribution in [-0.4, -0.2) is 47.9 Å². The molecule has 0 rings (SSSR count). The second-order valence-corrected chi connectivity index (χ2v) is 3.64. The van der Waals surface area contributed by atoms with E-state index in [-0.39, 0.29) is 0 Å². The summed E-state index contributed by atoms with van der Waals surface area (Å²) in [6, 6.07) is 0. The lowest BCUT2D eigenvalue weighted by atomic mass is 10.1. The number of aliphatic hydroxyl groups excluding tert-OH is 1. The lowest BCUT2D eigenvalue weighted by Crippen LogP contribution is -2.63.